The summed E-state index contributed by atoms with van der Waals surface area (Å²) in [5.41, 5.74) is 2.36. The first-order valence-corrected chi connectivity index (χ1v) is 4.35. The Labute approximate surface area is 76.7 Å². The molecule has 0 unspecified atom stereocenters. The fraction of sp³-hybridized carbons (Fsp3) is 0.400. The number of aromatic nitrogens is 1. The molecule has 0 saturated heterocycles. The highest BCUT2D eigenvalue weighted by atomic mass is 16.3. The smallest absolute Gasteiger partial charge is 0.101 e. The Morgan fingerprint density at radius 3 is 2.92 bits per heavy atom. The second kappa shape index (κ2) is 3.15. The van der Waals surface area contributed by atoms with Crippen LogP contribution in [0.25, 0.3) is 0 Å². The maximum atomic E-state index is 9.01. The SMILES string of the molecule is N#Cc1cnc(CO)c(C2CC2)c1. The van der Waals surface area contributed by atoms with Crippen molar-refractivity contribution in [3.8, 4) is 6.07 Å². The van der Waals surface area contributed by atoms with Gasteiger partial charge in [-0.3, -0.25) is 4.98 Å². The molecule has 0 amide bonds. The fourth-order valence-corrected chi connectivity index (χ4v) is 1.45. The zero-order valence-electron chi connectivity index (χ0n) is 7.20. The summed E-state index contributed by atoms with van der Waals surface area (Å²) in [6.07, 6.45) is 3.82. The Morgan fingerprint density at radius 1 is 1.62 bits per heavy atom. The molecular formula is C10H10N2O. The predicted octanol–water partition coefficient (Wildman–Crippen LogP) is 1.32. The van der Waals surface area contributed by atoms with Crippen molar-refractivity contribution in [1.29, 1.82) is 5.26 Å². The van der Waals surface area contributed by atoms with Crippen LogP contribution in [-0.2, 0) is 6.61 Å². The maximum Gasteiger partial charge on any atom is 0.101 e. The van der Waals surface area contributed by atoms with Gasteiger partial charge in [-0.25, -0.2) is 0 Å². The monoisotopic (exact) mass is 174 g/mol. The fourth-order valence-electron chi connectivity index (χ4n) is 1.45. The number of pyridine rings is 1. The van der Waals surface area contributed by atoms with Crippen LogP contribution in [0, 0.1) is 11.3 Å². The van der Waals surface area contributed by atoms with E-state index in [1.807, 2.05) is 6.07 Å². The lowest BCUT2D eigenvalue weighted by molar-refractivity contribution is 0.275. The average Bonchev–Trinajstić information content (AvgIpc) is 3.00. The topological polar surface area (TPSA) is 56.9 Å². The molecule has 3 heteroatoms. The molecule has 1 aliphatic rings. The summed E-state index contributed by atoms with van der Waals surface area (Å²) in [6.45, 7) is -0.0302. The summed E-state index contributed by atoms with van der Waals surface area (Å²) in [5, 5.41) is 17.7. The van der Waals surface area contributed by atoms with Crippen molar-refractivity contribution in [2.75, 3.05) is 0 Å². The molecule has 1 N–H and O–H groups in total. The Balaban J connectivity index is 2.42. The Kier molecular flexibility index (Phi) is 1.99. The van der Waals surface area contributed by atoms with Gasteiger partial charge in [0, 0.05) is 6.20 Å². The average molecular weight is 174 g/mol. The number of hydrogen-bond donors (Lipinski definition) is 1. The van der Waals surface area contributed by atoms with Crippen molar-refractivity contribution in [2.24, 2.45) is 0 Å². The highest BCUT2D eigenvalue weighted by molar-refractivity contribution is 5.36. The normalized spacial score (nSPS) is 15.4. The van der Waals surface area contributed by atoms with Crippen LogP contribution in [0.1, 0.15) is 35.6 Å². The molecule has 0 aliphatic heterocycles. The lowest BCUT2D eigenvalue weighted by Crippen LogP contribution is -1.97. The predicted molar refractivity (Wildman–Crippen MR) is 46.8 cm³/mol. The van der Waals surface area contributed by atoms with Crippen molar-refractivity contribution in [2.45, 2.75) is 25.4 Å². The molecule has 0 spiro atoms. The summed E-state index contributed by atoms with van der Waals surface area (Å²) in [4.78, 5) is 4.06. The van der Waals surface area contributed by atoms with Crippen LogP contribution in [0.5, 0.6) is 0 Å². The number of nitriles is 1. The van der Waals surface area contributed by atoms with E-state index in [4.69, 9.17) is 10.4 Å². The van der Waals surface area contributed by atoms with Crippen LogP contribution in [0.2, 0.25) is 0 Å². The van der Waals surface area contributed by atoms with Gasteiger partial charge in [-0.05, 0) is 30.4 Å². The van der Waals surface area contributed by atoms with Gasteiger partial charge in [-0.15, -0.1) is 0 Å². The molecule has 1 aromatic heterocycles. The second-order valence-corrected chi connectivity index (χ2v) is 3.30. The molecule has 0 atom stereocenters. The Morgan fingerprint density at radius 2 is 2.38 bits per heavy atom. The van der Waals surface area contributed by atoms with E-state index in [1.165, 1.54) is 6.20 Å². The van der Waals surface area contributed by atoms with Gasteiger partial charge in [0.05, 0.1) is 17.9 Å². The van der Waals surface area contributed by atoms with Crippen LogP contribution < -0.4 is 0 Å². The number of rotatable bonds is 2. The van der Waals surface area contributed by atoms with Crippen molar-refractivity contribution in [1.82, 2.24) is 4.98 Å². The minimum Gasteiger partial charge on any atom is -0.390 e. The molecule has 13 heavy (non-hydrogen) atoms. The lowest BCUT2D eigenvalue weighted by atomic mass is 10.1. The van der Waals surface area contributed by atoms with Gasteiger partial charge >= 0.3 is 0 Å². The van der Waals surface area contributed by atoms with Gasteiger partial charge in [0.25, 0.3) is 0 Å². The van der Waals surface area contributed by atoms with Crippen LogP contribution in [0.3, 0.4) is 0 Å². The number of aliphatic hydroxyl groups is 1. The standard InChI is InChI=1S/C10H10N2O/c11-4-7-3-9(8-1-2-8)10(6-13)12-5-7/h3,5,8,13H,1-2,6H2. The zero-order valence-corrected chi connectivity index (χ0v) is 7.20. The van der Waals surface area contributed by atoms with Crippen molar-refractivity contribution >= 4 is 0 Å². The third kappa shape index (κ3) is 1.53. The first-order chi connectivity index (χ1) is 6.35. The van der Waals surface area contributed by atoms with Gasteiger partial charge in [0.1, 0.15) is 6.07 Å². The molecular weight excluding hydrogens is 164 g/mol. The highest BCUT2D eigenvalue weighted by Gasteiger charge is 2.26. The molecule has 0 radical (unpaired) electrons. The molecule has 1 saturated carbocycles. The van der Waals surface area contributed by atoms with E-state index in [0.29, 0.717) is 11.5 Å². The van der Waals surface area contributed by atoms with E-state index in [-0.39, 0.29) is 6.61 Å². The highest BCUT2D eigenvalue weighted by Crippen LogP contribution is 2.41. The summed E-state index contributed by atoms with van der Waals surface area (Å²) < 4.78 is 0. The number of nitrogens with zero attached hydrogens (tertiary/aromatic N) is 2. The van der Waals surface area contributed by atoms with Crippen LogP contribution in [0.15, 0.2) is 12.3 Å². The van der Waals surface area contributed by atoms with Crippen LogP contribution in [-0.4, -0.2) is 10.1 Å². The summed E-state index contributed by atoms with van der Waals surface area (Å²) in [7, 11) is 0. The Bertz CT molecular complexity index is 364. The van der Waals surface area contributed by atoms with Crippen LogP contribution >= 0.6 is 0 Å². The minimum absolute atomic E-state index is 0.0302. The summed E-state index contributed by atoms with van der Waals surface area (Å²) in [6, 6.07) is 3.90. The van der Waals surface area contributed by atoms with E-state index in [9.17, 15) is 0 Å². The van der Waals surface area contributed by atoms with Gasteiger partial charge in [0.15, 0.2) is 0 Å². The summed E-state index contributed by atoms with van der Waals surface area (Å²) >= 11 is 0. The zero-order chi connectivity index (χ0) is 9.26. The lowest BCUT2D eigenvalue weighted by Gasteiger charge is -2.04. The van der Waals surface area contributed by atoms with Gasteiger partial charge < -0.3 is 5.11 Å². The van der Waals surface area contributed by atoms with Gasteiger partial charge in [-0.2, -0.15) is 5.26 Å². The molecule has 1 heterocycles. The molecule has 2 rings (SSSR count). The second-order valence-electron chi connectivity index (χ2n) is 3.30. The van der Waals surface area contributed by atoms with Crippen LogP contribution in [0.4, 0.5) is 0 Å². The number of aliphatic hydroxyl groups excluding tert-OH is 1. The molecule has 0 aromatic carbocycles. The molecule has 66 valence electrons. The van der Waals surface area contributed by atoms with Gasteiger partial charge in [0.2, 0.25) is 0 Å². The molecule has 0 bridgehead atoms. The maximum absolute atomic E-state index is 9.01. The van der Waals surface area contributed by atoms with E-state index in [1.54, 1.807) is 0 Å². The largest absolute Gasteiger partial charge is 0.390 e. The van der Waals surface area contributed by atoms with E-state index in [2.05, 4.69) is 11.1 Å². The van der Waals surface area contributed by atoms with Gasteiger partial charge in [-0.1, -0.05) is 0 Å². The first kappa shape index (κ1) is 8.21. The van der Waals surface area contributed by atoms with Crippen molar-refractivity contribution in [3.05, 3.63) is 29.1 Å². The van der Waals surface area contributed by atoms with E-state index >= 15 is 0 Å². The molecule has 1 aromatic rings. The van der Waals surface area contributed by atoms with Crippen molar-refractivity contribution < 1.29 is 5.11 Å². The molecule has 1 aliphatic carbocycles. The summed E-state index contributed by atoms with van der Waals surface area (Å²) in [5.74, 6) is 0.531. The van der Waals surface area contributed by atoms with E-state index < -0.39 is 0 Å². The third-order valence-corrected chi connectivity index (χ3v) is 2.30. The third-order valence-electron chi connectivity index (χ3n) is 2.30. The first-order valence-electron chi connectivity index (χ1n) is 4.35. The number of hydrogen-bond acceptors (Lipinski definition) is 3. The minimum atomic E-state index is -0.0302. The Hall–Kier alpha value is -1.40. The molecule has 1 fully saturated rings. The van der Waals surface area contributed by atoms with Crippen molar-refractivity contribution in [3.63, 3.8) is 0 Å². The molecule has 3 nitrogen and oxygen atoms in total. The quantitative estimate of drug-likeness (QED) is 0.735. The van der Waals surface area contributed by atoms with E-state index in [0.717, 1.165) is 24.1 Å².